The van der Waals surface area contributed by atoms with Gasteiger partial charge in [0, 0.05) is 67.7 Å². The highest BCUT2D eigenvalue weighted by Crippen LogP contribution is 2.27. The maximum absolute atomic E-state index is 4.63. The van der Waals surface area contributed by atoms with Crippen molar-refractivity contribution in [3.05, 3.63) is 72.7 Å². The molecular formula is C27H33N7S. The van der Waals surface area contributed by atoms with Gasteiger partial charge in [0.15, 0.2) is 0 Å². The van der Waals surface area contributed by atoms with Crippen LogP contribution in [0.2, 0.25) is 0 Å². The Morgan fingerprint density at radius 2 is 1.97 bits per heavy atom. The first-order chi connectivity index (χ1) is 16.9. The van der Waals surface area contributed by atoms with Crippen LogP contribution in [-0.4, -0.2) is 63.0 Å². The molecule has 4 rings (SSSR count). The van der Waals surface area contributed by atoms with Gasteiger partial charge in [-0.3, -0.25) is 4.90 Å². The Morgan fingerprint density at radius 3 is 2.66 bits per heavy atom. The third kappa shape index (κ3) is 6.41. The molecule has 0 unspecified atom stereocenters. The molecule has 0 amide bonds. The summed E-state index contributed by atoms with van der Waals surface area (Å²) < 4.78 is 0. The van der Waals surface area contributed by atoms with E-state index in [9.17, 15) is 0 Å². The summed E-state index contributed by atoms with van der Waals surface area (Å²) in [5, 5.41) is 15.7. The first-order valence-corrected chi connectivity index (χ1v) is 12.7. The number of allylic oxidation sites excluding steroid dienone is 1. The molecule has 3 heterocycles. The average Bonchev–Trinajstić information content (AvgIpc) is 3.30. The summed E-state index contributed by atoms with van der Waals surface area (Å²) in [7, 11) is 0. The smallest absolute Gasteiger partial charge is 0.147 e. The zero-order valence-electron chi connectivity index (χ0n) is 20.7. The monoisotopic (exact) mass is 487 g/mol. The number of nitrogens with zero attached hydrogens (tertiary/aromatic N) is 6. The molecule has 1 fully saturated rings. The molecule has 35 heavy (non-hydrogen) atoms. The Kier molecular flexibility index (Phi) is 8.05. The molecule has 7 nitrogen and oxygen atoms in total. The second-order valence-corrected chi connectivity index (χ2v) is 10.1. The van der Waals surface area contributed by atoms with Gasteiger partial charge in [-0.15, -0.1) is 10.2 Å². The van der Waals surface area contributed by atoms with Crippen molar-refractivity contribution in [2.75, 3.05) is 31.5 Å². The number of hydrogen-bond donors (Lipinski definition) is 1. The van der Waals surface area contributed by atoms with Crippen LogP contribution in [0.5, 0.6) is 0 Å². The number of anilines is 1. The Morgan fingerprint density at radius 1 is 1.17 bits per heavy atom. The summed E-state index contributed by atoms with van der Waals surface area (Å²) in [6.07, 6.45) is 8.19. The quantitative estimate of drug-likeness (QED) is 0.334. The van der Waals surface area contributed by atoms with Crippen LogP contribution in [0.15, 0.2) is 72.7 Å². The number of nitrogens with one attached hydrogen (secondary N) is 1. The number of aromatic nitrogens is 3. The highest BCUT2D eigenvalue weighted by Gasteiger charge is 2.19. The second kappa shape index (κ2) is 11.4. The van der Waals surface area contributed by atoms with E-state index < -0.39 is 0 Å². The first kappa shape index (κ1) is 24.8. The van der Waals surface area contributed by atoms with Gasteiger partial charge in [-0.25, -0.2) is 9.98 Å². The SMILES string of the molecule is C=C/C(=N\C=C/CC(=C)Nc1cc2cc(-c3nnc(C)s3)ccc2cn1)N1CCN(C(C)C)CC1. The second-order valence-electron chi connectivity index (χ2n) is 8.88. The van der Waals surface area contributed by atoms with Crippen molar-refractivity contribution in [1.82, 2.24) is 25.0 Å². The number of amidine groups is 1. The summed E-state index contributed by atoms with van der Waals surface area (Å²) >= 11 is 1.59. The number of fused-ring (bicyclic) bond motifs is 1. The molecule has 0 saturated carbocycles. The van der Waals surface area contributed by atoms with Crippen LogP contribution < -0.4 is 5.32 Å². The van der Waals surface area contributed by atoms with Gasteiger partial charge in [-0.1, -0.05) is 42.7 Å². The van der Waals surface area contributed by atoms with Crippen molar-refractivity contribution in [2.24, 2.45) is 4.99 Å². The summed E-state index contributed by atoms with van der Waals surface area (Å²) in [5.41, 5.74) is 1.91. The predicted octanol–water partition coefficient (Wildman–Crippen LogP) is 5.50. The van der Waals surface area contributed by atoms with Crippen molar-refractivity contribution in [3.63, 3.8) is 0 Å². The Labute approximate surface area is 211 Å². The zero-order chi connectivity index (χ0) is 24.8. The fourth-order valence-corrected chi connectivity index (χ4v) is 4.73. The van der Waals surface area contributed by atoms with Crippen LogP contribution in [0.1, 0.15) is 25.3 Å². The minimum Gasteiger partial charge on any atom is -0.354 e. The Bertz CT molecular complexity index is 1250. The molecule has 0 atom stereocenters. The van der Waals surface area contributed by atoms with Gasteiger partial charge < -0.3 is 10.2 Å². The number of rotatable bonds is 8. The van der Waals surface area contributed by atoms with Crippen LogP contribution in [0.3, 0.4) is 0 Å². The van der Waals surface area contributed by atoms with Gasteiger partial charge in [0.2, 0.25) is 0 Å². The first-order valence-electron chi connectivity index (χ1n) is 11.9. The fourth-order valence-electron chi connectivity index (χ4n) is 4.04. The maximum Gasteiger partial charge on any atom is 0.147 e. The zero-order valence-corrected chi connectivity index (χ0v) is 21.6. The van der Waals surface area contributed by atoms with E-state index >= 15 is 0 Å². The number of aryl methyl sites for hydroxylation is 1. The molecule has 3 aromatic rings. The van der Waals surface area contributed by atoms with Crippen LogP contribution >= 0.6 is 11.3 Å². The van der Waals surface area contributed by atoms with Crippen molar-refractivity contribution < 1.29 is 0 Å². The van der Waals surface area contributed by atoms with Crippen LogP contribution in [-0.2, 0) is 0 Å². The third-order valence-corrected chi connectivity index (χ3v) is 6.91. The van der Waals surface area contributed by atoms with E-state index in [1.807, 2.05) is 37.5 Å². The lowest BCUT2D eigenvalue weighted by Gasteiger charge is -2.37. The highest BCUT2D eigenvalue weighted by molar-refractivity contribution is 7.14. The summed E-state index contributed by atoms with van der Waals surface area (Å²) in [6, 6.07) is 8.86. The maximum atomic E-state index is 4.63. The summed E-state index contributed by atoms with van der Waals surface area (Å²) in [6.45, 7) is 18.6. The van der Waals surface area contributed by atoms with Crippen LogP contribution in [0.4, 0.5) is 5.82 Å². The van der Waals surface area contributed by atoms with E-state index in [2.05, 4.69) is 80.5 Å². The molecule has 0 spiro atoms. The van der Waals surface area contributed by atoms with Gasteiger partial charge in [0.05, 0.1) is 0 Å². The Hall–Kier alpha value is -3.36. The van der Waals surface area contributed by atoms with Crippen LogP contribution in [0.25, 0.3) is 21.3 Å². The summed E-state index contributed by atoms with van der Waals surface area (Å²) in [4.78, 5) is 13.9. The minimum absolute atomic E-state index is 0.582. The lowest BCUT2D eigenvalue weighted by molar-refractivity contribution is 0.149. The van der Waals surface area contributed by atoms with E-state index in [-0.39, 0.29) is 0 Å². The molecule has 0 aliphatic carbocycles. The third-order valence-electron chi connectivity index (χ3n) is 6.03. The molecular weight excluding hydrogens is 454 g/mol. The number of aliphatic imine (C=N–C) groups is 1. The fraction of sp³-hybridized carbons (Fsp3) is 0.333. The topological polar surface area (TPSA) is 69.5 Å². The van der Waals surface area contributed by atoms with Gasteiger partial charge in [0.1, 0.15) is 21.7 Å². The van der Waals surface area contributed by atoms with E-state index in [0.29, 0.717) is 12.5 Å². The van der Waals surface area contributed by atoms with Gasteiger partial charge in [-0.2, -0.15) is 0 Å². The lowest BCUT2D eigenvalue weighted by Crippen LogP contribution is -2.50. The Balaban J connectivity index is 1.34. The normalized spacial score (nSPS) is 15.3. The standard InChI is InChI=1S/C27H33N7S/c1-6-26(34-14-12-33(13-15-34)19(2)3)28-11-7-8-20(4)30-25-17-24-16-22(9-10-23(24)18-29-25)27-32-31-21(5)35-27/h6-7,9-11,16-19H,1,4,8,12-15H2,2-3,5H3,(H,29,30)/b11-7-,28-26+. The molecule has 1 N–H and O–H groups in total. The number of piperazine rings is 1. The predicted molar refractivity (Wildman–Crippen MR) is 148 cm³/mol. The van der Waals surface area contributed by atoms with Crippen molar-refractivity contribution in [1.29, 1.82) is 0 Å². The van der Waals surface area contributed by atoms with Crippen molar-refractivity contribution in [2.45, 2.75) is 33.2 Å². The molecule has 1 aliphatic heterocycles. The van der Waals surface area contributed by atoms with E-state index in [1.54, 1.807) is 11.3 Å². The molecule has 1 aromatic carbocycles. The number of pyridine rings is 1. The van der Waals surface area contributed by atoms with Crippen LogP contribution in [0, 0.1) is 6.92 Å². The van der Waals surface area contributed by atoms with Crippen molar-refractivity contribution >= 4 is 33.8 Å². The average molecular weight is 488 g/mol. The van der Waals surface area contributed by atoms with Crippen molar-refractivity contribution in [3.8, 4) is 10.6 Å². The molecule has 182 valence electrons. The number of benzene rings is 1. The van der Waals surface area contributed by atoms with Gasteiger partial charge >= 0.3 is 0 Å². The molecule has 8 heteroatoms. The number of hydrogen-bond acceptors (Lipinski definition) is 7. The molecule has 1 aliphatic rings. The summed E-state index contributed by atoms with van der Waals surface area (Å²) in [5.74, 6) is 1.68. The highest BCUT2D eigenvalue weighted by atomic mass is 32.1. The largest absolute Gasteiger partial charge is 0.354 e. The molecule has 1 saturated heterocycles. The van der Waals surface area contributed by atoms with E-state index in [1.165, 1.54) is 0 Å². The molecule has 0 radical (unpaired) electrons. The lowest BCUT2D eigenvalue weighted by atomic mass is 10.1. The molecule has 0 bridgehead atoms. The molecule has 2 aromatic heterocycles. The van der Waals surface area contributed by atoms with E-state index in [0.717, 1.165) is 69.9 Å². The van der Waals surface area contributed by atoms with Gasteiger partial charge in [-0.05, 0) is 44.4 Å². The van der Waals surface area contributed by atoms with E-state index in [4.69, 9.17) is 0 Å². The van der Waals surface area contributed by atoms with Gasteiger partial charge in [0.25, 0.3) is 0 Å². The minimum atomic E-state index is 0.582.